The highest BCUT2D eigenvalue weighted by molar-refractivity contribution is 7.91. The van der Waals surface area contributed by atoms with Gasteiger partial charge in [-0.15, -0.1) is 0 Å². The first-order valence-electron chi connectivity index (χ1n) is 5.82. The van der Waals surface area contributed by atoms with Gasteiger partial charge >= 0.3 is 0 Å². The molecule has 2 aromatic heterocycles. The minimum atomic E-state index is -2.65. The normalized spacial score (nSPS) is 14.4. The lowest BCUT2D eigenvalue weighted by molar-refractivity contribution is 0.679. The number of aromatic nitrogens is 2. The SMILES string of the molecule is CS(=N)(=O)c1ccc(-c2cn3ccccc3n2)cc1. The number of hydrogen-bond donors (Lipinski definition) is 1. The lowest BCUT2D eigenvalue weighted by Gasteiger charge is -2.01. The molecule has 0 spiro atoms. The molecule has 0 aliphatic carbocycles. The average Bonchev–Trinajstić information content (AvgIpc) is 2.81. The van der Waals surface area contributed by atoms with Crippen molar-refractivity contribution in [3.63, 3.8) is 0 Å². The number of nitrogens with zero attached hydrogens (tertiary/aromatic N) is 2. The van der Waals surface area contributed by atoms with Crippen LogP contribution in [0.3, 0.4) is 0 Å². The van der Waals surface area contributed by atoms with Crippen molar-refractivity contribution < 1.29 is 4.21 Å². The van der Waals surface area contributed by atoms with Crippen LogP contribution in [-0.4, -0.2) is 19.8 Å². The van der Waals surface area contributed by atoms with Gasteiger partial charge in [-0.25, -0.2) is 14.0 Å². The molecule has 1 unspecified atom stereocenters. The topological polar surface area (TPSA) is 58.2 Å². The van der Waals surface area contributed by atoms with E-state index in [9.17, 15) is 4.21 Å². The van der Waals surface area contributed by atoms with E-state index in [0.29, 0.717) is 4.90 Å². The third kappa shape index (κ3) is 2.24. The molecule has 0 saturated heterocycles. The number of rotatable bonds is 2. The Hall–Kier alpha value is -2.14. The zero-order valence-electron chi connectivity index (χ0n) is 10.4. The zero-order chi connectivity index (χ0) is 13.5. The van der Waals surface area contributed by atoms with Crippen LogP contribution in [0.4, 0.5) is 0 Å². The summed E-state index contributed by atoms with van der Waals surface area (Å²) in [5.41, 5.74) is 2.71. The summed E-state index contributed by atoms with van der Waals surface area (Å²) in [7, 11) is -2.65. The number of benzene rings is 1. The summed E-state index contributed by atoms with van der Waals surface area (Å²) >= 11 is 0. The summed E-state index contributed by atoms with van der Waals surface area (Å²) in [6.07, 6.45) is 5.32. The summed E-state index contributed by atoms with van der Waals surface area (Å²) in [4.78, 5) is 5.06. The molecular weight excluding hydrogens is 258 g/mol. The molecule has 4 nitrogen and oxygen atoms in total. The van der Waals surface area contributed by atoms with E-state index in [1.807, 2.05) is 47.1 Å². The van der Waals surface area contributed by atoms with Gasteiger partial charge in [0.05, 0.1) is 15.4 Å². The maximum Gasteiger partial charge on any atom is 0.137 e. The molecule has 0 aliphatic heterocycles. The summed E-state index contributed by atoms with van der Waals surface area (Å²) in [5, 5.41) is 0. The van der Waals surface area contributed by atoms with E-state index in [1.54, 1.807) is 12.1 Å². The van der Waals surface area contributed by atoms with Crippen LogP contribution < -0.4 is 0 Å². The first-order chi connectivity index (χ1) is 9.04. The second kappa shape index (κ2) is 4.20. The van der Waals surface area contributed by atoms with Gasteiger partial charge < -0.3 is 4.40 Å². The van der Waals surface area contributed by atoms with Crippen LogP contribution in [0, 0.1) is 4.78 Å². The summed E-state index contributed by atoms with van der Waals surface area (Å²) in [6, 6.07) is 13.0. The molecule has 3 rings (SSSR count). The highest BCUT2D eigenvalue weighted by Crippen LogP contribution is 2.21. The van der Waals surface area contributed by atoms with Crippen LogP contribution in [0.5, 0.6) is 0 Å². The van der Waals surface area contributed by atoms with Crippen LogP contribution in [0.1, 0.15) is 0 Å². The van der Waals surface area contributed by atoms with Crippen molar-refractivity contribution in [3.8, 4) is 11.3 Å². The molecule has 3 aromatic rings. The molecule has 0 bridgehead atoms. The molecular formula is C14H13N3OS. The Morgan fingerprint density at radius 1 is 1.16 bits per heavy atom. The van der Waals surface area contributed by atoms with Crippen molar-refractivity contribution in [1.29, 1.82) is 4.78 Å². The second-order valence-corrected chi connectivity index (χ2v) is 6.62. The Kier molecular flexibility index (Phi) is 2.64. The van der Waals surface area contributed by atoms with Gasteiger partial charge in [-0.2, -0.15) is 0 Å². The third-order valence-electron chi connectivity index (χ3n) is 2.96. The number of nitrogens with one attached hydrogen (secondary N) is 1. The highest BCUT2D eigenvalue weighted by atomic mass is 32.2. The van der Waals surface area contributed by atoms with Gasteiger partial charge in [0.2, 0.25) is 0 Å². The predicted molar refractivity (Wildman–Crippen MR) is 75.7 cm³/mol. The van der Waals surface area contributed by atoms with Crippen molar-refractivity contribution in [2.24, 2.45) is 0 Å². The molecule has 96 valence electrons. The van der Waals surface area contributed by atoms with E-state index in [1.165, 1.54) is 6.26 Å². The largest absolute Gasteiger partial charge is 0.306 e. The molecule has 1 atom stereocenters. The zero-order valence-corrected chi connectivity index (χ0v) is 11.2. The average molecular weight is 271 g/mol. The van der Waals surface area contributed by atoms with E-state index >= 15 is 0 Å². The van der Waals surface area contributed by atoms with Gasteiger partial charge in [-0.1, -0.05) is 18.2 Å². The maximum absolute atomic E-state index is 11.6. The lowest BCUT2D eigenvalue weighted by Crippen LogP contribution is -1.93. The molecule has 19 heavy (non-hydrogen) atoms. The highest BCUT2D eigenvalue weighted by Gasteiger charge is 2.06. The van der Waals surface area contributed by atoms with E-state index in [0.717, 1.165) is 16.9 Å². The quantitative estimate of drug-likeness (QED) is 0.778. The summed E-state index contributed by atoms with van der Waals surface area (Å²) in [6.45, 7) is 0. The maximum atomic E-state index is 11.6. The van der Waals surface area contributed by atoms with E-state index in [4.69, 9.17) is 4.78 Å². The molecule has 0 amide bonds. The van der Waals surface area contributed by atoms with Crippen molar-refractivity contribution in [1.82, 2.24) is 9.38 Å². The minimum Gasteiger partial charge on any atom is -0.306 e. The Balaban J connectivity index is 2.07. The predicted octanol–water partition coefficient (Wildman–Crippen LogP) is 3.04. The Morgan fingerprint density at radius 2 is 1.89 bits per heavy atom. The molecule has 2 heterocycles. The van der Waals surface area contributed by atoms with Crippen molar-refractivity contribution in [2.45, 2.75) is 4.90 Å². The number of pyridine rings is 1. The Labute approximate surface area is 111 Å². The first-order valence-corrected chi connectivity index (χ1v) is 7.79. The van der Waals surface area contributed by atoms with Crippen LogP contribution in [-0.2, 0) is 9.73 Å². The van der Waals surface area contributed by atoms with Gasteiger partial charge in [-0.05, 0) is 24.3 Å². The molecule has 0 aliphatic rings. The molecule has 0 fully saturated rings. The standard InChI is InChI=1S/C14H13N3OS/c1-19(15,18)12-7-5-11(6-8-12)13-10-17-9-3-2-4-14(17)16-13/h2-10,15H,1H3. The van der Waals surface area contributed by atoms with E-state index in [-0.39, 0.29) is 0 Å². The van der Waals surface area contributed by atoms with Gasteiger partial charge in [0.1, 0.15) is 5.65 Å². The van der Waals surface area contributed by atoms with Crippen LogP contribution in [0.25, 0.3) is 16.9 Å². The van der Waals surface area contributed by atoms with Crippen LogP contribution in [0.2, 0.25) is 0 Å². The van der Waals surface area contributed by atoms with Crippen LogP contribution >= 0.6 is 0 Å². The van der Waals surface area contributed by atoms with Crippen molar-refractivity contribution in [3.05, 3.63) is 54.9 Å². The summed E-state index contributed by atoms with van der Waals surface area (Å²) in [5.74, 6) is 0. The molecule has 0 saturated carbocycles. The first kappa shape index (κ1) is 11.9. The summed E-state index contributed by atoms with van der Waals surface area (Å²) < 4.78 is 21.1. The molecule has 5 heteroatoms. The molecule has 1 N–H and O–H groups in total. The van der Waals surface area contributed by atoms with E-state index < -0.39 is 9.73 Å². The fourth-order valence-electron chi connectivity index (χ4n) is 1.96. The smallest absolute Gasteiger partial charge is 0.137 e. The lowest BCUT2D eigenvalue weighted by atomic mass is 10.2. The van der Waals surface area contributed by atoms with E-state index in [2.05, 4.69) is 4.98 Å². The Bertz CT molecular complexity index is 800. The van der Waals surface area contributed by atoms with Gasteiger partial charge in [0, 0.05) is 29.1 Å². The van der Waals surface area contributed by atoms with Gasteiger partial charge in [0.25, 0.3) is 0 Å². The molecule has 1 aromatic carbocycles. The number of imidazole rings is 1. The van der Waals surface area contributed by atoms with Gasteiger partial charge in [-0.3, -0.25) is 0 Å². The monoisotopic (exact) mass is 271 g/mol. The third-order valence-corrected chi connectivity index (χ3v) is 4.14. The number of hydrogen-bond acceptors (Lipinski definition) is 3. The van der Waals surface area contributed by atoms with Gasteiger partial charge in [0.15, 0.2) is 0 Å². The fraction of sp³-hybridized carbons (Fsp3) is 0.0714. The van der Waals surface area contributed by atoms with Crippen molar-refractivity contribution >= 4 is 15.4 Å². The van der Waals surface area contributed by atoms with Crippen molar-refractivity contribution in [2.75, 3.05) is 6.26 Å². The Morgan fingerprint density at radius 3 is 2.53 bits per heavy atom. The molecule has 0 radical (unpaired) electrons. The van der Waals surface area contributed by atoms with Crippen LogP contribution in [0.15, 0.2) is 59.8 Å². The minimum absolute atomic E-state index is 0.542. The number of fused-ring (bicyclic) bond motifs is 1. The second-order valence-electron chi connectivity index (χ2n) is 4.46. The fourth-order valence-corrected chi connectivity index (χ4v) is 2.61.